The molecule has 1 fully saturated rings. The van der Waals surface area contributed by atoms with Crippen LogP contribution in [0.15, 0.2) is 53.4 Å². The lowest BCUT2D eigenvalue weighted by Crippen LogP contribution is -2.43. The summed E-state index contributed by atoms with van der Waals surface area (Å²) >= 11 is 1.64. The highest BCUT2D eigenvalue weighted by atomic mass is 32.2. The maximum absolute atomic E-state index is 12.7. The number of thioether (sulfide) groups is 1. The summed E-state index contributed by atoms with van der Waals surface area (Å²) in [6.45, 7) is 1.46. The minimum absolute atomic E-state index is 0.0396. The Morgan fingerprint density at radius 1 is 1.15 bits per heavy atom. The number of piperidine rings is 1. The van der Waals surface area contributed by atoms with Gasteiger partial charge in [0.05, 0.1) is 0 Å². The van der Waals surface area contributed by atoms with Gasteiger partial charge in [-0.2, -0.15) is 0 Å². The largest absolute Gasteiger partial charge is 0.341 e. The third kappa shape index (κ3) is 4.83. The van der Waals surface area contributed by atoms with Crippen LogP contribution in [-0.2, 0) is 0 Å². The molecule has 2 aromatic rings. The number of hydrogen-bond acceptors (Lipinski definition) is 3. The fraction of sp³-hybridized carbons (Fsp3) is 0.333. The Kier molecular flexibility index (Phi) is 6.40. The molecule has 0 unspecified atom stereocenters. The predicted molar refractivity (Wildman–Crippen MR) is 111 cm³/mol. The Morgan fingerprint density at radius 3 is 2.74 bits per heavy atom. The Bertz CT molecular complexity index is 825. The van der Waals surface area contributed by atoms with E-state index in [1.807, 2.05) is 59.7 Å². The highest BCUT2D eigenvalue weighted by Crippen LogP contribution is 2.28. The second-order valence-electron chi connectivity index (χ2n) is 6.65. The zero-order valence-electron chi connectivity index (χ0n) is 15.7. The van der Waals surface area contributed by atoms with E-state index in [9.17, 15) is 9.59 Å². The van der Waals surface area contributed by atoms with Crippen molar-refractivity contribution in [3.63, 3.8) is 0 Å². The van der Waals surface area contributed by atoms with Gasteiger partial charge in [0.2, 0.25) is 0 Å². The first-order chi connectivity index (χ1) is 13.1. The third-order valence-corrected chi connectivity index (χ3v) is 5.60. The number of carbonyl (C=O) groups excluding carboxylic acids is 2. The first-order valence-electron chi connectivity index (χ1n) is 9.12. The van der Waals surface area contributed by atoms with Crippen LogP contribution in [-0.4, -0.2) is 43.2 Å². The van der Waals surface area contributed by atoms with Gasteiger partial charge in [0.15, 0.2) is 0 Å². The minimum Gasteiger partial charge on any atom is -0.341 e. The number of amides is 3. The average molecular weight is 384 g/mol. The van der Waals surface area contributed by atoms with E-state index in [-0.39, 0.29) is 17.9 Å². The monoisotopic (exact) mass is 383 g/mol. The lowest BCUT2D eigenvalue weighted by molar-refractivity contribution is 0.102. The van der Waals surface area contributed by atoms with Crippen LogP contribution in [0.4, 0.5) is 10.5 Å². The number of rotatable bonds is 4. The van der Waals surface area contributed by atoms with E-state index in [1.54, 1.807) is 18.8 Å². The van der Waals surface area contributed by atoms with E-state index in [4.69, 9.17) is 0 Å². The predicted octanol–water partition coefficient (Wildman–Crippen LogP) is 4.18. The molecule has 1 saturated heterocycles. The molecular weight excluding hydrogens is 358 g/mol. The second-order valence-corrected chi connectivity index (χ2v) is 7.53. The fourth-order valence-corrected chi connectivity index (χ4v) is 3.89. The summed E-state index contributed by atoms with van der Waals surface area (Å²) in [5.74, 6) is 0.137. The van der Waals surface area contributed by atoms with Gasteiger partial charge in [-0.15, -0.1) is 11.8 Å². The van der Waals surface area contributed by atoms with Gasteiger partial charge in [-0.25, -0.2) is 4.79 Å². The quantitative estimate of drug-likeness (QED) is 0.779. The van der Waals surface area contributed by atoms with E-state index < -0.39 is 0 Å². The molecule has 5 nitrogen and oxygen atoms in total. The summed E-state index contributed by atoms with van der Waals surface area (Å²) in [4.78, 5) is 27.5. The molecule has 3 amide bonds. The Morgan fingerprint density at radius 2 is 1.96 bits per heavy atom. The average Bonchev–Trinajstić information content (AvgIpc) is 2.73. The molecule has 0 bridgehead atoms. The van der Waals surface area contributed by atoms with Gasteiger partial charge in [-0.05, 0) is 55.0 Å². The van der Waals surface area contributed by atoms with Crippen molar-refractivity contribution in [2.24, 2.45) is 0 Å². The van der Waals surface area contributed by atoms with Gasteiger partial charge in [-0.3, -0.25) is 4.79 Å². The van der Waals surface area contributed by atoms with E-state index in [2.05, 4.69) is 10.6 Å². The first-order valence-corrected chi connectivity index (χ1v) is 10.3. The second kappa shape index (κ2) is 8.95. The zero-order valence-corrected chi connectivity index (χ0v) is 16.5. The van der Waals surface area contributed by atoms with E-state index in [0.717, 1.165) is 35.5 Å². The maximum atomic E-state index is 12.7. The summed E-state index contributed by atoms with van der Waals surface area (Å²) < 4.78 is 0. The molecule has 0 radical (unpaired) electrons. The van der Waals surface area contributed by atoms with E-state index in [1.165, 1.54) is 0 Å². The molecule has 3 rings (SSSR count). The van der Waals surface area contributed by atoms with Crippen molar-refractivity contribution in [3.05, 3.63) is 59.7 Å². The van der Waals surface area contributed by atoms with Crippen molar-refractivity contribution in [1.29, 1.82) is 0 Å². The standard InChI is InChI=1S/C21H25N3O2S/c1-22-21(26)24-11-5-8-17(14-24)15-6-3-7-16(12-15)20(25)23-18-9-4-10-19(13-18)27-2/h3-4,6-7,9-10,12-13,17H,5,8,11,14H2,1-2H3,(H,22,26)(H,23,25)/t17-/m1/s1. The number of urea groups is 1. The number of likely N-dealkylation sites (tertiary alicyclic amines) is 1. The normalized spacial score (nSPS) is 16.7. The van der Waals surface area contributed by atoms with E-state index >= 15 is 0 Å². The molecule has 1 aliphatic rings. The van der Waals surface area contributed by atoms with Crippen molar-refractivity contribution in [2.75, 3.05) is 31.7 Å². The first kappa shape index (κ1) is 19.3. The topological polar surface area (TPSA) is 61.4 Å². The van der Waals surface area contributed by atoms with Crippen LogP contribution in [0.2, 0.25) is 0 Å². The van der Waals surface area contributed by atoms with Crippen LogP contribution in [0.5, 0.6) is 0 Å². The lowest BCUT2D eigenvalue weighted by Gasteiger charge is -2.32. The Hall–Kier alpha value is -2.47. The van der Waals surface area contributed by atoms with Crippen LogP contribution in [0.3, 0.4) is 0 Å². The fourth-order valence-electron chi connectivity index (χ4n) is 3.43. The van der Waals surface area contributed by atoms with Crippen molar-refractivity contribution in [1.82, 2.24) is 10.2 Å². The van der Waals surface area contributed by atoms with Gasteiger partial charge in [0, 0.05) is 42.2 Å². The summed E-state index contributed by atoms with van der Waals surface area (Å²) in [6, 6.07) is 15.5. The molecule has 6 heteroatoms. The molecule has 0 saturated carbocycles. The number of nitrogens with zero attached hydrogens (tertiary/aromatic N) is 1. The summed E-state index contributed by atoms with van der Waals surface area (Å²) in [5, 5.41) is 5.67. The maximum Gasteiger partial charge on any atom is 0.317 e. The minimum atomic E-state index is -0.117. The van der Waals surface area contributed by atoms with Crippen LogP contribution >= 0.6 is 11.8 Å². The van der Waals surface area contributed by atoms with Gasteiger partial charge < -0.3 is 15.5 Å². The van der Waals surface area contributed by atoms with Crippen LogP contribution in [0.1, 0.15) is 34.7 Å². The number of anilines is 1. The molecule has 1 atom stereocenters. The molecule has 27 heavy (non-hydrogen) atoms. The SMILES string of the molecule is CNC(=O)N1CCC[C@@H](c2cccc(C(=O)Nc3cccc(SC)c3)c2)C1. The molecule has 2 aromatic carbocycles. The molecule has 1 aliphatic heterocycles. The zero-order chi connectivity index (χ0) is 19.2. The molecule has 0 aromatic heterocycles. The third-order valence-electron chi connectivity index (χ3n) is 4.87. The van der Waals surface area contributed by atoms with Crippen molar-refractivity contribution in [3.8, 4) is 0 Å². The summed E-state index contributed by atoms with van der Waals surface area (Å²) in [5.41, 5.74) is 2.54. The summed E-state index contributed by atoms with van der Waals surface area (Å²) in [6.07, 6.45) is 4.00. The molecule has 1 heterocycles. The van der Waals surface area contributed by atoms with Crippen molar-refractivity contribution < 1.29 is 9.59 Å². The summed E-state index contributed by atoms with van der Waals surface area (Å²) in [7, 11) is 1.66. The van der Waals surface area contributed by atoms with Gasteiger partial charge in [0.25, 0.3) is 5.91 Å². The Labute approximate surface area is 164 Å². The number of carbonyl (C=O) groups is 2. The van der Waals surface area contributed by atoms with E-state index in [0.29, 0.717) is 12.1 Å². The van der Waals surface area contributed by atoms with Crippen LogP contribution in [0, 0.1) is 0 Å². The molecule has 142 valence electrons. The molecular formula is C21H25N3O2S. The lowest BCUT2D eigenvalue weighted by atomic mass is 9.89. The van der Waals surface area contributed by atoms with Gasteiger partial charge in [0.1, 0.15) is 0 Å². The number of hydrogen-bond donors (Lipinski definition) is 2. The van der Waals surface area contributed by atoms with Crippen molar-refractivity contribution in [2.45, 2.75) is 23.7 Å². The Balaban J connectivity index is 1.72. The molecule has 0 aliphatic carbocycles. The van der Waals surface area contributed by atoms with Crippen molar-refractivity contribution >= 4 is 29.4 Å². The molecule has 0 spiro atoms. The number of benzene rings is 2. The van der Waals surface area contributed by atoms with Crippen LogP contribution in [0.25, 0.3) is 0 Å². The molecule has 2 N–H and O–H groups in total. The van der Waals surface area contributed by atoms with Gasteiger partial charge >= 0.3 is 6.03 Å². The smallest absolute Gasteiger partial charge is 0.317 e. The van der Waals surface area contributed by atoms with Crippen LogP contribution < -0.4 is 10.6 Å². The highest BCUT2D eigenvalue weighted by molar-refractivity contribution is 7.98. The number of nitrogens with one attached hydrogen (secondary N) is 2. The van der Waals surface area contributed by atoms with Gasteiger partial charge in [-0.1, -0.05) is 18.2 Å². The highest BCUT2D eigenvalue weighted by Gasteiger charge is 2.24.